The summed E-state index contributed by atoms with van der Waals surface area (Å²) in [5.41, 5.74) is 1.41. The van der Waals surface area contributed by atoms with Gasteiger partial charge in [-0.25, -0.2) is 4.39 Å². The molecule has 18 heavy (non-hydrogen) atoms. The second-order valence-corrected chi connectivity index (χ2v) is 7.46. The van der Waals surface area contributed by atoms with Crippen molar-refractivity contribution in [1.82, 2.24) is 4.98 Å². The summed E-state index contributed by atoms with van der Waals surface area (Å²) in [6.07, 6.45) is 1.58. The van der Waals surface area contributed by atoms with Crippen LogP contribution in [0.15, 0.2) is 42.6 Å². The molecular formula is C13H14FN2OP. The molecule has 2 aromatic rings. The third-order valence-electron chi connectivity index (χ3n) is 2.44. The Hall–Kier alpha value is -1.67. The molecule has 94 valence electrons. The minimum Gasteiger partial charge on any atom is -0.351 e. The molecule has 1 heterocycles. The number of nitrogens with zero attached hydrogens (tertiary/aromatic N) is 1. The van der Waals surface area contributed by atoms with Gasteiger partial charge in [-0.2, -0.15) is 0 Å². The molecule has 0 bridgehead atoms. The molecule has 1 aromatic carbocycles. The lowest BCUT2D eigenvalue weighted by Gasteiger charge is -2.14. The van der Waals surface area contributed by atoms with Gasteiger partial charge in [0.05, 0.1) is 11.4 Å². The zero-order chi connectivity index (χ0) is 13.2. The Labute approximate surface area is 105 Å². The van der Waals surface area contributed by atoms with Gasteiger partial charge < -0.3 is 9.88 Å². The fourth-order valence-electron chi connectivity index (χ4n) is 1.63. The van der Waals surface area contributed by atoms with E-state index in [1.807, 2.05) is 0 Å². The predicted octanol–water partition coefficient (Wildman–Crippen LogP) is 3.21. The second kappa shape index (κ2) is 4.91. The van der Waals surface area contributed by atoms with Gasteiger partial charge in [0.15, 0.2) is 0 Å². The molecule has 5 heteroatoms. The van der Waals surface area contributed by atoms with E-state index in [1.54, 1.807) is 49.9 Å². The highest BCUT2D eigenvalue weighted by atomic mass is 31.2. The van der Waals surface area contributed by atoms with Gasteiger partial charge in [0.1, 0.15) is 18.4 Å². The number of aromatic nitrogens is 1. The summed E-state index contributed by atoms with van der Waals surface area (Å²) >= 11 is 0. The van der Waals surface area contributed by atoms with Crippen LogP contribution in [0.1, 0.15) is 0 Å². The Morgan fingerprint density at radius 2 is 1.78 bits per heavy atom. The van der Waals surface area contributed by atoms with Crippen molar-refractivity contribution < 1.29 is 8.96 Å². The summed E-state index contributed by atoms with van der Waals surface area (Å²) < 4.78 is 25.7. The lowest BCUT2D eigenvalue weighted by Crippen LogP contribution is -2.13. The molecule has 0 atom stereocenters. The van der Waals surface area contributed by atoms with E-state index >= 15 is 0 Å². The van der Waals surface area contributed by atoms with E-state index in [2.05, 4.69) is 10.3 Å². The number of para-hydroxylation sites is 1. The van der Waals surface area contributed by atoms with Crippen molar-refractivity contribution in [3.63, 3.8) is 0 Å². The van der Waals surface area contributed by atoms with Crippen LogP contribution in [0.25, 0.3) is 0 Å². The smallest absolute Gasteiger partial charge is 0.146 e. The first-order valence-electron chi connectivity index (χ1n) is 5.50. The zero-order valence-electron chi connectivity index (χ0n) is 10.2. The Kier molecular flexibility index (Phi) is 3.48. The van der Waals surface area contributed by atoms with Gasteiger partial charge in [-0.05, 0) is 37.6 Å². The molecule has 0 spiro atoms. The van der Waals surface area contributed by atoms with E-state index in [9.17, 15) is 8.96 Å². The lowest BCUT2D eigenvalue weighted by atomic mass is 10.3. The molecule has 2 rings (SSSR count). The lowest BCUT2D eigenvalue weighted by molar-refractivity contribution is 0.588. The Morgan fingerprint density at radius 3 is 2.44 bits per heavy atom. The van der Waals surface area contributed by atoms with Crippen molar-refractivity contribution in [2.45, 2.75) is 0 Å². The first-order valence-corrected chi connectivity index (χ1v) is 8.11. The van der Waals surface area contributed by atoms with Crippen molar-refractivity contribution in [3.8, 4) is 0 Å². The largest absolute Gasteiger partial charge is 0.351 e. The Morgan fingerprint density at radius 1 is 1.11 bits per heavy atom. The number of benzene rings is 1. The average molecular weight is 264 g/mol. The zero-order valence-corrected chi connectivity index (χ0v) is 11.1. The molecule has 1 aromatic heterocycles. The minimum atomic E-state index is -2.50. The van der Waals surface area contributed by atoms with E-state index in [-0.39, 0.29) is 5.82 Å². The van der Waals surface area contributed by atoms with Crippen LogP contribution in [0.4, 0.5) is 15.8 Å². The third-order valence-corrected chi connectivity index (χ3v) is 3.82. The molecule has 0 aliphatic carbocycles. The van der Waals surface area contributed by atoms with Crippen molar-refractivity contribution in [3.05, 3.63) is 48.4 Å². The average Bonchev–Trinajstić information content (AvgIpc) is 2.31. The topological polar surface area (TPSA) is 42.0 Å². The van der Waals surface area contributed by atoms with E-state index in [0.717, 1.165) is 0 Å². The van der Waals surface area contributed by atoms with Crippen molar-refractivity contribution in [2.75, 3.05) is 18.6 Å². The normalized spacial score (nSPS) is 11.3. The Bertz CT molecular complexity index is 609. The maximum atomic E-state index is 13.6. The van der Waals surface area contributed by atoms with Crippen LogP contribution in [-0.4, -0.2) is 18.3 Å². The third kappa shape index (κ3) is 2.77. The molecule has 1 N–H and O–H groups in total. The van der Waals surface area contributed by atoms with Crippen LogP contribution in [-0.2, 0) is 4.57 Å². The van der Waals surface area contributed by atoms with Gasteiger partial charge in [0.25, 0.3) is 0 Å². The van der Waals surface area contributed by atoms with E-state index in [1.165, 1.54) is 6.07 Å². The SMILES string of the molecule is CP(C)(=O)c1ncccc1Nc1ccccc1F. The summed E-state index contributed by atoms with van der Waals surface area (Å²) in [7, 11) is -2.50. The van der Waals surface area contributed by atoms with Crippen molar-refractivity contribution in [1.29, 1.82) is 0 Å². The van der Waals surface area contributed by atoms with Crippen molar-refractivity contribution >= 4 is 24.0 Å². The predicted molar refractivity (Wildman–Crippen MR) is 73.0 cm³/mol. The highest BCUT2D eigenvalue weighted by molar-refractivity contribution is 7.70. The molecule has 0 unspecified atom stereocenters. The van der Waals surface area contributed by atoms with Gasteiger partial charge in [-0.1, -0.05) is 12.1 Å². The minimum absolute atomic E-state index is 0.347. The second-order valence-electron chi connectivity index (χ2n) is 4.33. The van der Waals surface area contributed by atoms with Crippen LogP contribution in [0.5, 0.6) is 0 Å². The highest BCUT2D eigenvalue weighted by Gasteiger charge is 2.17. The molecule has 0 fully saturated rings. The van der Waals surface area contributed by atoms with Crippen LogP contribution >= 0.6 is 7.14 Å². The van der Waals surface area contributed by atoms with Crippen molar-refractivity contribution in [2.24, 2.45) is 0 Å². The van der Waals surface area contributed by atoms with Gasteiger partial charge in [-0.3, -0.25) is 4.98 Å². The Balaban J connectivity index is 2.42. The quantitative estimate of drug-likeness (QED) is 0.865. The van der Waals surface area contributed by atoms with Gasteiger partial charge in [0, 0.05) is 6.20 Å². The van der Waals surface area contributed by atoms with E-state index in [0.29, 0.717) is 16.8 Å². The number of anilines is 2. The number of pyridine rings is 1. The fourth-order valence-corrected chi connectivity index (χ4v) is 2.69. The van der Waals surface area contributed by atoms with Crippen LogP contribution in [0, 0.1) is 5.82 Å². The number of halogens is 1. The van der Waals surface area contributed by atoms with Crippen LogP contribution < -0.4 is 10.8 Å². The maximum Gasteiger partial charge on any atom is 0.146 e. The molecular weight excluding hydrogens is 250 g/mol. The standard InChI is InChI=1S/C13H14FN2OP/c1-18(2,17)13-12(8-5-9-15-13)16-11-7-4-3-6-10(11)14/h3-9,16H,1-2H3. The number of rotatable bonds is 3. The number of hydrogen-bond donors (Lipinski definition) is 1. The monoisotopic (exact) mass is 264 g/mol. The molecule has 0 radical (unpaired) electrons. The maximum absolute atomic E-state index is 13.6. The first kappa shape index (κ1) is 12.8. The molecule has 0 aliphatic rings. The van der Waals surface area contributed by atoms with Gasteiger partial charge >= 0.3 is 0 Å². The van der Waals surface area contributed by atoms with E-state index in [4.69, 9.17) is 0 Å². The molecule has 0 amide bonds. The van der Waals surface area contributed by atoms with Crippen LogP contribution in [0.3, 0.4) is 0 Å². The number of nitrogens with one attached hydrogen (secondary N) is 1. The van der Waals surface area contributed by atoms with Gasteiger partial charge in [0.2, 0.25) is 0 Å². The van der Waals surface area contributed by atoms with E-state index < -0.39 is 7.14 Å². The molecule has 3 nitrogen and oxygen atoms in total. The summed E-state index contributed by atoms with van der Waals surface area (Å²) in [5.74, 6) is -0.352. The first-order chi connectivity index (χ1) is 8.48. The molecule has 0 saturated carbocycles. The summed E-state index contributed by atoms with van der Waals surface area (Å²) in [6.45, 7) is 3.28. The van der Waals surface area contributed by atoms with Gasteiger partial charge in [-0.15, -0.1) is 0 Å². The summed E-state index contributed by atoms with van der Waals surface area (Å²) in [5, 5.41) is 2.94. The fraction of sp³-hybridized carbons (Fsp3) is 0.154. The van der Waals surface area contributed by atoms with Crippen LogP contribution in [0.2, 0.25) is 0 Å². The summed E-state index contributed by atoms with van der Waals surface area (Å²) in [6, 6.07) is 9.82. The molecule has 0 saturated heterocycles. The summed E-state index contributed by atoms with van der Waals surface area (Å²) in [4.78, 5) is 4.13. The highest BCUT2D eigenvalue weighted by Crippen LogP contribution is 2.37. The molecule has 0 aliphatic heterocycles. The number of hydrogen-bond acceptors (Lipinski definition) is 3.